The summed E-state index contributed by atoms with van der Waals surface area (Å²) >= 11 is 0. The molecule has 0 heterocycles. The zero-order valence-electron chi connectivity index (χ0n) is 14.8. The normalized spacial score (nSPS) is 11.2. The Bertz CT molecular complexity index is 816. The Balaban J connectivity index is 1.66. The molecule has 0 bridgehead atoms. The molecule has 0 unspecified atom stereocenters. The minimum Gasteiger partial charge on any atom is -0.497 e. The molecule has 1 amide bonds. The van der Waals surface area contributed by atoms with Crippen LogP contribution in [0.5, 0.6) is 5.75 Å². The molecule has 0 aliphatic rings. The van der Waals surface area contributed by atoms with Gasteiger partial charge >= 0.3 is 0 Å². The maximum absolute atomic E-state index is 11.9. The van der Waals surface area contributed by atoms with Crippen LogP contribution < -0.4 is 15.2 Å². The van der Waals surface area contributed by atoms with E-state index in [4.69, 9.17) is 9.88 Å². The number of rotatable bonds is 9. The van der Waals surface area contributed by atoms with Crippen molar-refractivity contribution in [2.45, 2.75) is 30.6 Å². The van der Waals surface area contributed by atoms with Crippen molar-refractivity contribution in [1.82, 2.24) is 5.32 Å². The Kier molecular flexibility index (Phi) is 7.17. The lowest BCUT2D eigenvalue weighted by Gasteiger charge is -2.07. The second-order valence-electron chi connectivity index (χ2n) is 5.99. The Morgan fingerprint density at radius 2 is 1.58 bits per heavy atom. The van der Waals surface area contributed by atoms with Gasteiger partial charge in [0, 0.05) is 13.0 Å². The number of primary sulfonamides is 1. The summed E-state index contributed by atoms with van der Waals surface area (Å²) in [6, 6.07) is 14.2. The van der Waals surface area contributed by atoms with Gasteiger partial charge in [0.15, 0.2) is 0 Å². The van der Waals surface area contributed by atoms with Gasteiger partial charge in [-0.3, -0.25) is 4.79 Å². The molecule has 0 saturated carbocycles. The molecule has 0 atom stereocenters. The first-order chi connectivity index (χ1) is 12.4. The fraction of sp³-hybridized carbons (Fsp3) is 0.316. The van der Waals surface area contributed by atoms with E-state index >= 15 is 0 Å². The molecular formula is C19H24N2O4S. The summed E-state index contributed by atoms with van der Waals surface area (Å²) < 4.78 is 27.5. The summed E-state index contributed by atoms with van der Waals surface area (Å²) in [6.45, 7) is 0.582. The highest BCUT2D eigenvalue weighted by molar-refractivity contribution is 7.89. The molecule has 6 nitrogen and oxygen atoms in total. The topological polar surface area (TPSA) is 98.5 Å². The monoisotopic (exact) mass is 376 g/mol. The smallest absolute Gasteiger partial charge is 0.238 e. The quantitative estimate of drug-likeness (QED) is 0.654. The molecule has 0 saturated heterocycles. The number of methoxy groups -OCH3 is 1. The molecule has 140 valence electrons. The van der Waals surface area contributed by atoms with Crippen LogP contribution in [0.25, 0.3) is 0 Å². The fourth-order valence-electron chi connectivity index (χ4n) is 2.50. The van der Waals surface area contributed by atoms with Gasteiger partial charge in [-0.05, 0) is 54.7 Å². The summed E-state index contributed by atoms with van der Waals surface area (Å²) in [4.78, 5) is 12.0. The molecule has 2 rings (SSSR count). The molecule has 0 aliphatic heterocycles. The van der Waals surface area contributed by atoms with Crippen molar-refractivity contribution in [3.63, 3.8) is 0 Å². The van der Waals surface area contributed by atoms with Crippen LogP contribution in [0.1, 0.15) is 24.0 Å². The Morgan fingerprint density at radius 1 is 1.00 bits per heavy atom. The minimum atomic E-state index is -3.65. The molecule has 3 N–H and O–H groups in total. The van der Waals surface area contributed by atoms with Crippen molar-refractivity contribution in [3.8, 4) is 5.75 Å². The van der Waals surface area contributed by atoms with Crippen molar-refractivity contribution in [1.29, 1.82) is 0 Å². The summed E-state index contributed by atoms with van der Waals surface area (Å²) in [5, 5.41) is 7.97. The van der Waals surface area contributed by atoms with Crippen molar-refractivity contribution in [2.24, 2.45) is 5.14 Å². The fourth-order valence-corrected chi connectivity index (χ4v) is 3.02. The van der Waals surface area contributed by atoms with Crippen LogP contribution in [0.15, 0.2) is 53.4 Å². The van der Waals surface area contributed by atoms with E-state index in [9.17, 15) is 13.2 Å². The van der Waals surface area contributed by atoms with Gasteiger partial charge in [-0.2, -0.15) is 0 Å². The first-order valence-corrected chi connectivity index (χ1v) is 9.94. The second kappa shape index (κ2) is 9.35. The third-order valence-corrected chi connectivity index (χ3v) is 4.95. The van der Waals surface area contributed by atoms with Crippen LogP contribution in [-0.4, -0.2) is 28.0 Å². The van der Waals surface area contributed by atoms with Crippen LogP contribution in [0.3, 0.4) is 0 Å². The van der Waals surface area contributed by atoms with Gasteiger partial charge in [0.25, 0.3) is 0 Å². The lowest BCUT2D eigenvalue weighted by molar-refractivity contribution is -0.121. The van der Waals surface area contributed by atoms with E-state index in [0.717, 1.165) is 29.7 Å². The molecule has 26 heavy (non-hydrogen) atoms. The summed E-state index contributed by atoms with van der Waals surface area (Å²) in [5.74, 6) is 0.820. The van der Waals surface area contributed by atoms with E-state index in [1.807, 2.05) is 24.3 Å². The number of hydrogen-bond acceptors (Lipinski definition) is 4. The summed E-state index contributed by atoms with van der Waals surface area (Å²) in [5.41, 5.74) is 2.10. The maximum atomic E-state index is 11.9. The van der Waals surface area contributed by atoms with Gasteiger partial charge in [-0.15, -0.1) is 0 Å². The van der Waals surface area contributed by atoms with Gasteiger partial charge in [-0.25, -0.2) is 13.6 Å². The van der Waals surface area contributed by atoms with Gasteiger partial charge in [0.05, 0.1) is 12.0 Å². The molecule has 2 aromatic rings. The first-order valence-electron chi connectivity index (χ1n) is 8.40. The molecule has 0 radical (unpaired) electrons. The van der Waals surface area contributed by atoms with E-state index in [0.29, 0.717) is 19.4 Å². The van der Waals surface area contributed by atoms with E-state index in [2.05, 4.69) is 5.32 Å². The highest BCUT2D eigenvalue weighted by atomic mass is 32.2. The third-order valence-electron chi connectivity index (χ3n) is 4.02. The van der Waals surface area contributed by atoms with Gasteiger partial charge in [0.2, 0.25) is 15.9 Å². The zero-order chi connectivity index (χ0) is 19.0. The average Bonchev–Trinajstić information content (AvgIpc) is 2.63. The van der Waals surface area contributed by atoms with Gasteiger partial charge in [0.1, 0.15) is 5.75 Å². The molecule has 0 fully saturated rings. The summed E-state index contributed by atoms with van der Waals surface area (Å²) in [6.07, 6.45) is 2.66. The molecule has 0 aliphatic carbocycles. The van der Waals surface area contributed by atoms with Crippen LogP contribution in [0.2, 0.25) is 0 Å². The number of carbonyl (C=O) groups excluding carboxylic acids is 1. The third kappa shape index (κ3) is 6.50. The number of benzene rings is 2. The second-order valence-corrected chi connectivity index (χ2v) is 7.55. The first kappa shape index (κ1) is 19.9. The van der Waals surface area contributed by atoms with Crippen molar-refractivity contribution >= 4 is 15.9 Å². The molecular weight excluding hydrogens is 352 g/mol. The predicted octanol–water partition coefficient (Wildman–Crippen LogP) is 2.02. The van der Waals surface area contributed by atoms with Gasteiger partial charge in [-0.1, -0.05) is 24.3 Å². The predicted molar refractivity (Wildman–Crippen MR) is 100 cm³/mol. The van der Waals surface area contributed by atoms with Crippen LogP contribution in [-0.2, 0) is 27.7 Å². The minimum absolute atomic E-state index is 0.0189. The highest BCUT2D eigenvalue weighted by Gasteiger charge is 2.07. The van der Waals surface area contributed by atoms with Crippen molar-refractivity contribution in [3.05, 3.63) is 59.7 Å². The molecule has 0 aromatic heterocycles. The van der Waals surface area contributed by atoms with E-state index in [-0.39, 0.29) is 10.8 Å². The van der Waals surface area contributed by atoms with Crippen LogP contribution >= 0.6 is 0 Å². The number of carbonyl (C=O) groups is 1. The number of nitrogens with two attached hydrogens (primary N) is 1. The zero-order valence-corrected chi connectivity index (χ0v) is 15.6. The standard InChI is InChI=1S/C19H24N2O4S/c1-25-17-9-4-16(5-10-17)8-13-19(22)21-14-2-3-15-6-11-18(12-7-15)26(20,23)24/h4-7,9-12H,2-3,8,13-14H2,1H3,(H,21,22)(H2,20,23,24). The van der Waals surface area contributed by atoms with Gasteiger partial charge < -0.3 is 10.1 Å². The van der Waals surface area contributed by atoms with Crippen LogP contribution in [0, 0.1) is 0 Å². The van der Waals surface area contributed by atoms with Crippen molar-refractivity contribution in [2.75, 3.05) is 13.7 Å². The SMILES string of the molecule is COc1ccc(CCC(=O)NCCCc2ccc(S(N)(=O)=O)cc2)cc1. The number of aryl methyl sites for hydroxylation is 2. The number of ether oxygens (including phenoxy) is 1. The Hall–Kier alpha value is -2.38. The average molecular weight is 376 g/mol. The maximum Gasteiger partial charge on any atom is 0.238 e. The summed E-state index contributed by atoms with van der Waals surface area (Å²) in [7, 11) is -2.03. The largest absolute Gasteiger partial charge is 0.497 e. The van der Waals surface area contributed by atoms with Crippen molar-refractivity contribution < 1.29 is 17.9 Å². The molecule has 2 aromatic carbocycles. The number of amides is 1. The molecule has 0 spiro atoms. The van der Waals surface area contributed by atoms with E-state index < -0.39 is 10.0 Å². The number of hydrogen-bond donors (Lipinski definition) is 2. The van der Waals surface area contributed by atoms with Crippen LogP contribution in [0.4, 0.5) is 0 Å². The molecule has 7 heteroatoms. The Morgan fingerprint density at radius 3 is 2.15 bits per heavy atom. The Labute approximate surface area is 154 Å². The highest BCUT2D eigenvalue weighted by Crippen LogP contribution is 2.13. The van der Waals surface area contributed by atoms with E-state index in [1.54, 1.807) is 19.2 Å². The number of sulfonamides is 1. The number of nitrogens with one attached hydrogen (secondary N) is 1. The van der Waals surface area contributed by atoms with E-state index in [1.165, 1.54) is 12.1 Å². The lowest BCUT2D eigenvalue weighted by Crippen LogP contribution is -2.25. The lowest BCUT2D eigenvalue weighted by atomic mass is 10.1.